The minimum Gasteiger partial charge on any atom is -0.395 e. The molecular formula is C27H29F3N2O6. The topological polar surface area (TPSA) is 102 Å². The van der Waals surface area contributed by atoms with E-state index in [0.717, 1.165) is 0 Å². The highest BCUT2D eigenvalue weighted by Gasteiger charge is 2.53. The maximum atomic E-state index is 15.3. The number of nitrogens with one attached hydrogen (secondary N) is 1. The number of benzene rings is 2. The second-order valence-corrected chi connectivity index (χ2v) is 10.5. The van der Waals surface area contributed by atoms with Crippen molar-refractivity contribution in [3.8, 4) is 11.5 Å². The van der Waals surface area contributed by atoms with E-state index in [4.69, 9.17) is 4.74 Å². The number of nitrogens with zero attached hydrogens (tertiary/aromatic N) is 1. The molecule has 0 radical (unpaired) electrons. The number of methoxy groups -OCH3 is 1. The van der Waals surface area contributed by atoms with Gasteiger partial charge in [0.1, 0.15) is 5.82 Å². The van der Waals surface area contributed by atoms with Crippen LogP contribution in [0.25, 0.3) is 10.9 Å². The number of carbonyl (C=O) groups is 1. The zero-order valence-electron chi connectivity index (χ0n) is 21.2. The van der Waals surface area contributed by atoms with Crippen LogP contribution >= 0.6 is 0 Å². The number of rotatable bonds is 9. The van der Waals surface area contributed by atoms with Crippen LogP contribution in [0.5, 0.6) is 11.5 Å². The van der Waals surface area contributed by atoms with Gasteiger partial charge in [0.25, 0.3) is 0 Å². The van der Waals surface area contributed by atoms with E-state index < -0.39 is 35.0 Å². The molecule has 11 heteroatoms. The van der Waals surface area contributed by atoms with E-state index in [9.17, 15) is 23.8 Å². The van der Waals surface area contributed by atoms with Crippen molar-refractivity contribution in [1.29, 1.82) is 0 Å². The first-order valence-electron chi connectivity index (χ1n) is 12.2. The molecule has 1 aliphatic carbocycles. The van der Waals surface area contributed by atoms with Crippen molar-refractivity contribution in [2.75, 3.05) is 25.6 Å². The van der Waals surface area contributed by atoms with Gasteiger partial charge >= 0.3 is 6.29 Å². The zero-order valence-corrected chi connectivity index (χ0v) is 21.2. The zero-order chi connectivity index (χ0) is 27.5. The minimum absolute atomic E-state index is 0.0380. The SMILES string of the molecule is COC[C@H](O)Cn1c(C(C)(C)CO)cc2cc(NC(=O)C3(c4ccc5c(c4)OC(F)(F)O5)CC3)c(F)cc21. The van der Waals surface area contributed by atoms with Gasteiger partial charge < -0.3 is 34.3 Å². The van der Waals surface area contributed by atoms with E-state index in [1.54, 1.807) is 10.6 Å². The number of fused-ring (bicyclic) bond motifs is 2. The molecule has 2 aliphatic rings. The number of alkyl halides is 2. The van der Waals surface area contributed by atoms with Crippen LogP contribution in [0, 0.1) is 5.82 Å². The summed E-state index contributed by atoms with van der Waals surface area (Å²) in [5, 5.41) is 23.6. The van der Waals surface area contributed by atoms with Gasteiger partial charge in [0, 0.05) is 29.7 Å². The second-order valence-electron chi connectivity index (χ2n) is 10.5. The van der Waals surface area contributed by atoms with Crippen molar-refractivity contribution in [2.45, 2.75) is 56.5 Å². The Morgan fingerprint density at radius 2 is 1.89 bits per heavy atom. The average molecular weight is 535 g/mol. The molecule has 5 rings (SSSR count). The number of carbonyl (C=O) groups excluding carboxylic acids is 1. The molecule has 0 unspecified atom stereocenters. The lowest BCUT2D eigenvalue weighted by atomic mass is 9.90. The molecule has 0 saturated heterocycles. The van der Waals surface area contributed by atoms with E-state index in [1.807, 2.05) is 13.8 Å². The molecule has 1 fully saturated rings. The van der Waals surface area contributed by atoms with Gasteiger partial charge in [-0.15, -0.1) is 8.78 Å². The predicted octanol–water partition coefficient (Wildman–Crippen LogP) is 4.05. The summed E-state index contributed by atoms with van der Waals surface area (Å²) in [4.78, 5) is 13.3. The van der Waals surface area contributed by atoms with Gasteiger partial charge in [0.05, 0.1) is 42.5 Å². The number of aromatic nitrogens is 1. The smallest absolute Gasteiger partial charge is 0.395 e. The molecule has 1 saturated carbocycles. The molecule has 1 aromatic heterocycles. The summed E-state index contributed by atoms with van der Waals surface area (Å²) in [5.74, 6) is -1.42. The number of anilines is 1. The molecular weight excluding hydrogens is 505 g/mol. The van der Waals surface area contributed by atoms with Crippen LogP contribution in [0.2, 0.25) is 0 Å². The minimum atomic E-state index is -3.77. The summed E-state index contributed by atoms with van der Waals surface area (Å²) in [5.41, 5.74) is -0.0858. The van der Waals surface area contributed by atoms with E-state index in [-0.39, 0.29) is 36.9 Å². The van der Waals surface area contributed by atoms with Gasteiger partial charge in [-0.05, 0) is 42.7 Å². The van der Waals surface area contributed by atoms with Crippen LogP contribution in [0.15, 0.2) is 36.4 Å². The monoisotopic (exact) mass is 534 g/mol. The summed E-state index contributed by atoms with van der Waals surface area (Å²) < 4.78 is 57.9. The number of amides is 1. The van der Waals surface area contributed by atoms with Gasteiger partial charge in [-0.1, -0.05) is 19.9 Å². The molecule has 1 amide bonds. The summed E-state index contributed by atoms with van der Waals surface area (Å²) in [6.45, 7) is 3.68. The quantitative estimate of drug-likeness (QED) is 0.383. The molecule has 38 heavy (non-hydrogen) atoms. The molecule has 2 heterocycles. The van der Waals surface area contributed by atoms with Crippen LogP contribution < -0.4 is 14.8 Å². The van der Waals surface area contributed by atoms with Gasteiger partial charge in [0.2, 0.25) is 5.91 Å². The largest absolute Gasteiger partial charge is 0.586 e. The molecule has 1 aliphatic heterocycles. The summed E-state index contributed by atoms with van der Waals surface area (Å²) >= 11 is 0. The van der Waals surface area contributed by atoms with E-state index in [0.29, 0.717) is 35.0 Å². The molecule has 1 atom stereocenters. The first-order valence-corrected chi connectivity index (χ1v) is 12.2. The summed E-state index contributed by atoms with van der Waals surface area (Å²) in [6.07, 6.45) is -3.71. The molecule has 204 valence electrons. The number of ether oxygens (including phenoxy) is 3. The summed E-state index contributed by atoms with van der Waals surface area (Å²) in [7, 11) is 1.47. The fourth-order valence-corrected chi connectivity index (χ4v) is 4.93. The first-order chi connectivity index (χ1) is 17.9. The molecule has 3 N–H and O–H groups in total. The maximum absolute atomic E-state index is 15.3. The number of hydrogen-bond acceptors (Lipinski definition) is 6. The number of hydrogen-bond donors (Lipinski definition) is 3. The third-order valence-corrected chi connectivity index (χ3v) is 7.22. The fourth-order valence-electron chi connectivity index (χ4n) is 4.93. The van der Waals surface area contributed by atoms with Crippen molar-refractivity contribution in [3.63, 3.8) is 0 Å². The third-order valence-electron chi connectivity index (χ3n) is 7.22. The van der Waals surface area contributed by atoms with Crippen molar-refractivity contribution in [1.82, 2.24) is 4.57 Å². The Bertz CT molecular complexity index is 1400. The third kappa shape index (κ3) is 4.59. The second kappa shape index (κ2) is 9.18. The number of aliphatic hydroxyl groups excluding tert-OH is 2. The molecule has 0 spiro atoms. The Morgan fingerprint density at radius 3 is 2.55 bits per heavy atom. The first kappa shape index (κ1) is 26.3. The predicted molar refractivity (Wildman–Crippen MR) is 132 cm³/mol. The normalized spacial score (nSPS) is 18.0. The van der Waals surface area contributed by atoms with Crippen LogP contribution in [-0.2, 0) is 26.9 Å². The lowest BCUT2D eigenvalue weighted by Crippen LogP contribution is -2.29. The Balaban J connectivity index is 1.46. The van der Waals surface area contributed by atoms with E-state index >= 15 is 4.39 Å². The lowest BCUT2D eigenvalue weighted by Gasteiger charge is -2.25. The summed E-state index contributed by atoms with van der Waals surface area (Å²) in [6, 6.07) is 8.81. The molecule has 0 bridgehead atoms. The highest BCUT2D eigenvalue weighted by atomic mass is 19.3. The Hall–Kier alpha value is -3.28. The standard InChI is InChI=1S/C27H29F3N2O6/c1-25(2,14-33)23-9-15-8-19(18(28)11-20(15)32(23)12-17(34)13-36-3)31-24(35)26(6-7-26)16-4-5-21-22(10-16)38-27(29,30)37-21/h4-5,8-11,17,33-34H,6-7,12-14H2,1-3H3,(H,31,35)/t17-/m1/s1. The highest BCUT2D eigenvalue weighted by molar-refractivity contribution is 6.02. The van der Waals surface area contributed by atoms with Crippen LogP contribution in [-0.4, -0.2) is 53.4 Å². The maximum Gasteiger partial charge on any atom is 0.586 e. The number of halogens is 3. The Labute approximate surface area is 216 Å². The Morgan fingerprint density at radius 1 is 1.18 bits per heavy atom. The van der Waals surface area contributed by atoms with Crippen LogP contribution in [0.3, 0.4) is 0 Å². The van der Waals surface area contributed by atoms with Crippen LogP contribution in [0.4, 0.5) is 18.9 Å². The van der Waals surface area contributed by atoms with Gasteiger partial charge in [0.15, 0.2) is 11.5 Å². The van der Waals surface area contributed by atoms with Crippen molar-refractivity contribution in [2.24, 2.45) is 0 Å². The van der Waals surface area contributed by atoms with E-state index in [2.05, 4.69) is 14.8 Å². The van der Waals surface area contributed by atoms with Gasteiger partial charge in [-0.3, -0.25) is 4.79 Å². The van der Waals surface area contributed by atoms with Gasteiger partial charge in [-0.2, -0.15) is 0 Å². The van der Waals surface area contributed by atoms with Crippen molar-refractivity contribution < 1.29 is 42.4 Å². The van der Waals surface area contributed by atoms with Crippen LogP contribution in [0.1, 0.15) is 37.9 Å². The average Bonchev–Trinajstić information content (AvgIpc) is 3.50. The fraction of sp³-hybridized carbons (Fsp3) is 0.444. The van der Waals surface area contributed by atoms with E-state index in [1.165, 1.54) is 37.4 Å². The van der Waals surface area contributed by atoms with Gasteiger partial charge in [-0.25, -0.2) is 4.39 Å². The van der Waals surface area contributed by atoms with Crippen molar-refractivity contribution in [3.05, 3.63) is 53.5 Å². The van der Waals surface area contributed by atoms with Crippen molar-refractivity contribution >= 4 is 22.5 Å². The molecule has 2 aromatic carbocycles. The number of aliphatic hydroxyl groups is 2. The Kier molecular flexibility index (Phi) is 6.36. The molecule has 3 aromatic rings. The highest BCUT2D eigenvalue weighted by Crippen LogP contribution is 2.52. The molecule has 8 nitrogen and oxygen atoms in total. The lowest BCUT2D eigenvalue weighted by molar-refractivity contribution is -0.286.